The number of hydrogen-bond acceptors (Lipinski definition) is 5. The average molecular weight is 254 g/mol. The highest BCUT2D eigenvalue weighted by Gasteiger charge is 2.20. The molecule has 0 amide bonds. The fourth-order valence-electron chi connectivity index (χ4n) is 1.64. The molecule has 1 N–H and O–H groups in total. The van der Waals surface area contributed by atoms with Crippen LogP contribution in [0.25, 0.3) is 0 Å². The molecule has 0 aromatic carbocycles. The molecular formula is C12H22N4O2. The van der Waals surface area contributed by atoms with E-state index >= 15 is 0 Å². The summed E-state index contributed by atoms with van der Waals surface area (Å²) in [6.07, 6.45) is 5.55. The first-order valence-electron chi connectivity index (χ1n) is 6.57. The van der Waals surface area contributed by atoms with Crippen molar-refractivity contribution >= 4 is 0 Å². The summed E-state index contributed by atoms with van der Waals surface area (Å²) < 4.78 is 12.2. The van der Waals surface area contributed by atoms with Crippen LogP contribution in [0.5, 0.6) is 0 Å². The van der Waals surface area contributed by atoms with Gasteiger partial charge in [-0.05, 0) is 19.3 Å². The van der Waals surface area contributed by atoms with Gasteiger partial charge in [-0.25, -0.2) is 0 Å². The number of aryl methyl sites for hydroxylation is 1. The number of rotatable bonds is 10. The Bertz CT molecular complexity index is 339. The first-order chi connectivity index (χ1) is 8.88. The third-order valence-electron chi connectivity index (χ3n) is 2.84. The zero-order valence-corrected chi connectivity index (χ0v) is 11.0. The van der Waals surface area contributed by atoms with E-state index in [1.165, 1.54) is 12.8 Å². The summed E-state index contributed by atoms with van der Waals surface area (Å²) in [7, 11) is 1.68. The summed E-state index contributed by atoms with van der Waals surface area (Å²) in [5, 5.41) is 11.7. The van der Waals surface area contributed by atoms with E-state index in [-0.39, 0.29) is 0 Å². The molecule has 1 saturated carbocycles. The molecule has 6 nitrogen and oxygen atoms in total. The number of ether oxygens (including phenoxy) is 2. The molecule has 102 valence electrons. The van der Waals surface area contributed by atoms with Gasteiger partial charge < -0.3 is 14.8 Å². The standard InChI is InChI=1S/C12H22N4O2/c1-17-7-8-18-6-2-5-16-10-12(14-15-16)9-13-11-3-4-11/h10-11,13H,2-9H2,1H3. The topological polar surface area (TPSA) is 61.2 Å². The van der Waals surface area contributed by atoms with Crippen LogP contribution < -0.4 is 5.32 Å². The molecule has 18 heavy (non-hydrogen) atoms. The van der Waals surface area contributed by atoms with E-state index in [1.54, 1.807) is 7.11 Å². The van der Waals surface area contributed by atoms with Crippen LogP contribution in [0.1, 0.15) is 25.0 Å². The number of aromatic nitrogens is 3. The molecular weight excluding hydrogens is 232 g/mol. The fourth-order valence-corrected chi connectivity index (χ4v) is 1.64. The lowest BCUT2D eigenvalue weighted by Crippen LogP contribution is -2.15. The minimum atomic E-state index is 0.653. The van der Waals surface area contributed by atoms with Crippen LogP contribution >= 0.6 is 0 Å². The maximum absolute atomic E-state index is 5.39. The minimum absolute atomic E-state index is 0.653. The van der Waals surface area contributed by atoms with Crippen molar-refractivity contribution in [3.8, 4) is 0 Å². The lowest BCUT2D eigenvalue weighted by molar-refractivity contribution is 0.0676. The largest absolute Gasteiger partial charge is 0.382 e. The van der Waals surface area contributed by atoms with Crippen LogP contribution in [0.15, 0.2) is 6.20 Å². The maximum Gasteiger partial charge on any atom is 0.0964 e. The molecule has 0 radical (unpaired) electrons. The predicted octanol–water partition coefficient (Wildman–Crippen LogP) is 0.583. The molecule has 6 heteroatoms. The van der Waals surface area contributed by atoms with Gasteiger partial charge in [-0.1, -0.05) is 5.21 Å². The normalized spacial score (nSPS) is 15.2. The summed E-state index contributed by atoms with van der Waals surface area (Å²) in [6, 6.07) is 0.712. The van der Waals surface area contributed by atoms with Crippen LogP contribution in [0, 0.1) is 0 Å². The fraction of sp³-hybridized carbons (Fsp3) is 0.833. The van der Waals surface area contributed by atoms with Gasteiger partial charge in [0.05, 0.1) is 18.9 Å². The van der Waals surface area contributed by atoms with Crippen LogP contribution in [-0.4, -0.2) is 48.0 Å². The Hall–Kier alpha value is -0.980. The van der Waals surface area contributed by atoms with Crippen molar-refractivity contribution in [2.24, 2.45) is 0 Å². The smallest absolute Gasteiger partial charge is 0.0964 e. The Balaban J connectivity index is 1.54. The molecule has 1 aliphatic carbocycles. The summed E-state index contributed by atoms with van der Waals surface area (Å²) in [6.45, 7) is 3.72. The maximum atomic E-state index is 5.39. The van der Waals surface area contributed by atoms with Crippen molar-refractivity contribution in [2.75, 3.05) is 26.9 Å². The number of nitrogens with one attached hydrogen (secondary N) is 1. The Morgan fingerprint density at radius 2 is 2.28 bits per heavy atom. The monoisotopic (exact) mass is 254 g/mol. The Kier molecular flexibility index (Phi) is 5.57. The highest BCUT2D eigenvalue weighted by atomic mass is 16.5. The summed E-state index contributed by atoms with van der Waals surface area (Å²) in [4.78, 5) is 0. The molecule has 1 aromatic rings. The molecule has 1 heterocycles. The first kappa shape index (κ1) is 13.5. The van der Waals surface area contributed by atoms with Crippen molar-refractivity contribution in [1.29, 1.82) is 0 Å². The molecule has 2 rings (SSSR count). The van der Waals surface area contributed by atoms with Crippen molar-refractivity contribution in [3.05, 3.63) is 11.9 Å². The van der Waals surface area contributed by atoms with Crippen LogP contribution in [0.3, 0.4) is 0 Å². The lowest BCUT2D eigenvalue weighted by atomic mass is 10.4. The molecule has 1 aliphatic rings. The van der Waals surface area contributed by atoms with E-state index in [1.807, 2.05) is 10.9 Å². The second-order valence-electron chi connectivity index (χ2n) is 4.59. The van der Waals surface area contributed by atoms with Crippen molar-refractivity contribution < 1.29 is 9.47 Å². The van der Waals surface area contributed by atoms with E-state index in [0.29, 0.717) is 19.3 Å². The third kappa shape index (κ3) is 5.12. The van der Waals surface area contributed by atoms with Crippen LogP contribution in [0.2, 0.25) is 0 Å². The van der Waals surface area contributed by atoms with Crippen LogP contribution in [-0.2, 0) is 22.6 Å². The number of methoxy groups -OCH3 is 1. The molecule has 1 fully saturated rings. The zero-order chi connectivity index (χ0) is 12.6. The van der Waals surface area contributed by atoms with E-state index in [0.717, 1.165) is 31.8 Å². The average Bonchev–Trinajstić information content (AvgIpc) is 3.11. The highest BCUT2D eigenvalue weighted by Crippen LogP contribution is 2.18. The van der Waals surface area contributed by atoms with Crippen LogP contribution in [0.4, 0.5) is 0 Å². The molecule has 0 saturated heterocycles. The van der Waals surface area contributed by atoms with Gasteiger partial charge >= 0.3 is 0 Å². The minimum Gasteiger partial charge on any atom is -0.382 e. The molecule has 0 bridgehead atoms. The molecule has 1 aromatic heterocycles. The highest BCUT2D eigenvalue weighted by molar-refractivity contribution is 4.94. The van der Waals surface area contributed by atoms with Crippen molar-refractivity contribution in [1.82, 2.24) is 20.3 Å². The summed E-state index contributed by atoms with van der Waals surface area (Å²) in [5.74, 6) is 0. The summed E-state index contributed by atoms with van der Waals surface area (Å²) >= 11 is 0. The molecule has 0 unspecified atom stereocenters. The van der Waals surface area contributed by atoms with Gasteiger partial charge in [-0.3, -0.25) is 4.68 Å². The van der Waals surface area contributed by atoms with Gasteiger partial charge in [0.1, 0.15) is 0 Å². The Morgan fingerprint density at radius 1 is 1.39 bits per heavy atom. The van der Waals surface area contributed by atoms with Crippen molar-refractivity contribution in [2.45, 2.75) is 38.4 Å². The zero-order valence-electron chi connectivity index (χ0n) is 11.0. The van der Waals surface area contributed by atoms with E-state index in [9.17, 15) is 0 Å². The van der Waals surface area contributed by atoms with Gasteiger partial charge in [0, 0.05) is 39.0 Å². The molecule has 0 aliphatic heterocycles. The van der Waals surface area contributed by atoms with Gasteiger partial charge in [0.25, 0.3) is 0 Å². The number of nitrogens with zero attached hydrogens (tertiary/aromatic N) is 3. The Labute approximate surface area is 108 Å². The van der Waals surface area contributed by atoms with Gasteiger partial charge in [-0.2, -0.15) is 0 Å². The van der Waals surface area contributed by atoms with Gasteiger partial charge in [0.15, 0.2) is 0 Å². The van der Waals surface area contributed by atoms with Gasteiger partial charge in [0.2, 0.25) is 0 Å². The third-order valence-corrected chi connectivity index (χ3v) is 2.84. The summed E-state index contributed by atoms with van der Waals surface area (Å²) in [5.41, 5.74) is 1.02. The van der Waals surface area contributed by atoms with E-state index < -0.39 is 0 Å². The Morgan fingerprint density at radius 3 is 3.06 bits per heavy atom. The van der Waals surface area contributed by atoms with E-state index in [4.69, 9.17) is 9.47 Å². The second-order valence-corrected chi connectivity index (χ2v) is 4.59. The second kappa shape index (κ2) is 7.45. The number of hydrogen-bond donors (Lipinski definition) is 1. The van der Waals surface area contributed by atoms with E-state index in [2.05, 4.69) is 15.6 Å². The van der Waals surface area contributed by atoms with Crippen molar-refractivity contribution in [3.63, 3.8) is 0 Å². The quantitative estimate of drug-likeness (QED) is 0.619. The predicted molar refractivity (Wildman–Crippen MR) is 67.2 cm³/mol. The lowest BCUT2D eigenvalue weighted by Gasteiger charge is -2.03. The molecule has 0 spiro atoms. The van der Waals surface area contributed by atoms with Gasteiger partial charge in [-0.15, -0.1) is 5.10 Å². The first-order valence-corrected chi connectivity index (χ1v) is 6.57. The molecule has 0 atom stereocenters. The SMILES string of the molecule is COCCOCCCn1cc(CNC2CC2)nn1.